The summed E-state index contributed by atoms with van der Waals surface area (Å²) in [6, 6.07) is 2.48. The lowest BCUT2D eigenvalue weighted by Crippen LogP contribution is -2.10. The first-order valence-corrected chi connectivity index (χ1v) is 7.13. The highest BCUT2D eigenvalue weighted by Gasteiger charge is 2.25. The zero-order valence-electron chi connectivity index (χ0n) is 11.1. The lowest BCUT2D eigenvalue weighted by Gasteiger charge is -2.05. The molecule has 0 unspecified atom stereocenters. The fourth-order valence-electron chi connectivity index (χ4n) is 2.37. The maximum atomic E-state index is 11.9. The minimum Gasteiger partial charge on any atom is -0.338 e. The molecule has 0 saturated heterocycles. The molecule has 114 valence electrons. The van der Waals surface area contributed by atoms with E-state index in [0.29, 0.717) is 18.7 Å². The van der Waals surface area contributed by atoms with Crippen molar-refractivity contribution in [2.75, 3.05) is 6.54 Å². The monoisotopic (exact) mass is 341 g/mol. The molecule has 1 aliphatic rings. The van der Waals surface area contributed by atoms with Gasteiger partial charge in [-0.25, -0.2) is 9.95 Å². The van der Waals surface area contributed by atoms with Crippen LogP contribution < -0.4 is 5.63 Å². The molecule has 0 amide bonds. The van der Waals surface area contributed by atoms with Crippen LogP contribution >= 0.6 is 23.2 Å². The van der Waals surface area contributed by atoms with E-state index in [0.717, 1.165) is 6.42 Å². The molecule has 1 aliphatic heterocycles. The van der Waals surface area contributed by atoms with Crippen LogP contribution in [-0.4, -0.2) is 22.3 Å². The van der Waals surface area contributed by atoms with E-state index in [1.54, 1.807) is 0 Å². The summed E-state index contributed by atoms with van der Waals surface area (Å²) in [5.74, 6) is 0. The van der Waals surface area contributed by atoms with Crippen molar-refractivity contribution >= 4 is 34.6 Å². The van der Waals surface area contributed by atoms with Gasteiger partial charge in [0.25, 0.3) is 5.69 Å². The number of aromatic nitrogens is 1. The third kappa shape index (κ3) is 2.42. The van der Waals surface area contributed by atoms with Crippen LogP contribution in [0, 0.1) is 10.1 Å². The highest BCUT2D eigenvalue weighted by atomic mass is 35.5. The molecule has 0 radical (unpaired) electrons. The van der Waals surface area contributed by atoms with Crippen LogP contribution in [0.1, 0.15) is 18.4 Å². The first-order valence-electron chi connectivity index (χ1n) is 6.38. The van der Waals surface area contributed by atoms with Crippen LogP contribution in [-0.2, 0) is 0 Å². The maximum Gasteiger partial charge on any atom is 0.366 e. The average Bonchev–Trinajstić information content (AvgIpc) is 3.07. The van der Waals surface area contributed by atoms with Gasteiger partial charge in [0.05, 0.1) is 21.4 Å². The van der Waals surface area contributed by atoms with Crippen molar-refractivity contribution in [3.8, 4) is 11.3 Å². The summed E-state index contributed by atoms with van der Waals surface area (Å²) in [5, 5.41) is 13.6. The molecule has 7 nitrogen and oxygen atoms in total. The summed E-state index contributed by atoms with van der Waals surface area (Å²) in [7, 11) is 0. The summed E-state index contributed by atoms with van der Waals surface area (Å²) in [6.45, 7) is 0.633. The molecule has 0 bridgehead atoms. The maximum absolute atomic E-state index is 11.9. The van der Waals surface area contributed by atoms with Gasteiger partial charge in [0.2, 0.25) is 0 Å². The topological polar surface area (TPSA) is 102 Å². The minimum atomic E-state index is -0.618. The van der Waals surface area contributed by atoms with Gasteiger partial charge < -0.3 is 4.52 Å². The second kappa shape index (κ2) is 5.58. The summed E-state index contributed by atoms with van der Waals surface area (Å²) < 4.78 is 4.83. The molecular formula is C13H9Cl2N3O4. The van der Waals surface area contributed by atoms with E-state index in [2.05, 4.69) is 10.1 Å². The van der Waals surface area contributed by atoms with Gasteiger partial charge in [0, 0.05) is 18.2 Å². The van der Waals surface area contributed by atoms with Crippen LogP contribution in [0.25, 0.3) is 11.3 Å². The molecule has 2 aromatic rings. The Kier molecular flexibility index (Phi) is 3.76. The number of nitro groups is 1. The van der Waals surface area contributed by atoms with E-state index in [-0.39, 0.29) is 32.6 Å². The number of benzene rings is 1. The van der Waals surface area contributed by atoms with E-state index in [9.17, 15) is 14.9 Å². The van der Waals surface area contributed by atoms with Crippen molar-refractivity contribution in [2.24, 2.45) is 4.99 Å². The van der Waals surface area contributed by atoms with E-state index in [1.165, 1.54) is 12.1 Å². The van der Waals surface area contributed by atoms with Crippen molar-refractivity contribution in [3.05, 3.63) is 48.3 Å². The number of rotatable bonds is 3. The van der Waals surface area contributed by atoms with Gasteiger partial charge in [0.1, 0.15) is 10.6 Å². The second-order valence-corrected chi connectivity index (χ2v) is 5.53. The Labute approximate surface area is 133 Å². The smallest absolute Gasteiger partial charge is 0.338 e. The number of hydrogen-bond donors (Lipinski definition) is 1. The fraction of sp³-hybridized carbons (Fsp3) is 0.231. The summed E-state index contributed by atoms with van der Waals surface area (Å²) in [5.41, 5.74) is 0.532. The molecule has 2 heterocycles. The molecule has 0 fully saturated rings. The Morgan fingerprint density at radius 1 is 1.32 bits per heavy atom. The molecule has 1 aromatic carbocycles. The van der Waals surface area contributed by atoms with Crippen LogP contribution in [0.5, 0.6) is 0 Å². The standard InChI is InChI=1S/C13H9Cl2N3O4/c14-7-5-8(15)10(18(20)21)4-6(7)12-11(13(19)22-17-12)9-2-1-3-16-9/h4-5,17H,1-3H2. The molecule has 1 N–H and O–H groups in total. The van der Waals surface area contributed by atoms with E-state index >= 15 is 0 Å². The Balaban J connectivity index is 2.23. The summed E-state index contributed by atoms with van der Waals surface area (Å²) in [6.07, 6.45) is 1.48. The number of nitrogens with one attached hydrogen (secondary N) is 1. The molecule has 3 rings (SSSR count). The summed E-state index contributed by atoms with van der Waals surface area (Å²) >= 11 is 11.9. The van der Waals surface area contributed by atoms with E-state index in [1.807, 2.05) is 0 Å². The average molecular weight is 342 g/mol. The molecular weight excluding hydrogens is 333 g/mol. The largest absolute Gasteiger partial charge is 0.366 e. The number of hydrogen-bond acceptors (Lipinski definition) is 5. The van der Waals surface area contributed by atoms with Gasteiger partial charge in [-0.15, -0.1) is 0 Å². The van der Waals surface area contributed by atoms with Gasteiger partial charge in [-0.05, 0) is 18.9 Å². The lowest BCUT2D eigenvalue weighted by molar-refractivity contribution is -0.384. The highest BCUT2D eigenvalue weighted by molar-refractivity contribution is 6.37. The predicted octanol–water partition coefficient (Wildman–Crippen LogP) is 3.43. The predicted molar refractivity (Wildman–Crippen MR) is 82.1 cm³/mol. The molecule has 0 aliphatic carbocycles. The Morgan fingerprint density at radius 3 is 2.73 bits per heavy atom. The van der Waals surface area contributed by atoms with Gasteiger partial charge in [-0.2, -0.15) is 0 Å². The minimum absolute atomic E-state index is 0.0793. The van der Waals surface area contributed by atoms with Crippen molar-refractivity contribution in [2.45, 2.75) is 12.8 Å². The normalized spacial score (nSPS) is 14.2. The molecule has 1 aromatic heterocycles. The quantitative estimate of drug-likeness (QED) is 0.682. The second-order valence-electron chi connectivity index (χ2n) is 4.71. The van der Waals surface area contributed by atoms with Crippen LogP contribution in [0.15, 0.2) is 26.4 Å². The van der Waals surface area contributed by atoms with Crippen molar-refractivity contribution in [1.82, 2.24) is 5.16 Å². The zero-order valence-corrected chi connectivity index (χ0v) is 12.6. The van der Waals surface area contributed by atoms with Gasteiger partial charge in [-0.1, -0.05) is 23.2 Å². The van der Waals surface area contributed by atoms with Crippen LogP contribution in [0.2, 0.25) is 10.0 Å². The molecule has 0 atom stereocenters. The highest BCUT2D eigenvalue weighted by Crippen LogP contribution is 2.37. The van der Waals surface area contributed by atoms with Crippen molar-refractivity contribution < 1.29 is 9.45 Å². The lowest BCUT2D eigenvalue weighted by atomic mass is 10.0. The molecule has 22 heavy (non-hydrogen) atoms. The van der Waals surface area contributed by atoms with Gasteiger partial charge in [-0.3, -0.25) is 15.1 Å². The van der Waals surface area contributed by atoms with Crippen LogP contribution in [0.3, 0.4) is 0 Å². The SMILES string of the molecule is O=c1o[nH]c(-c2cc([N+](=O)[O-])c(Cl)cc2Cl)c1C1=NCCC1. The number of nitrogens with zero attached hydrogens (tertiary/aromatic N) is 2. The Hall–Kier alpha value is -2.12. The molecule has 0 saturated carbocycles. The van der Waals surface area contributed by atoms with Crippen molar-refractivity contribution in [3.63, 3.8) is 0 Å². The zero-order chi connectivity index (χ0) is 15.9. The third-order valence-electron chi connectivity index (χ3n) is 3.37. The number of aromatic amines is 1. The first kappa shape index (κ1) is 14.8. The van der Waals surface area contributed by atoms with Crippen molar-refractivity contribution in [1.29, 1.82) is 0 Å². The number of H-pyrrole nitrogens is 1. The summed E-state index contributed by atoms with van der Waals surface area (Å²) in [4.78, 5) is 26.6. The molecule has 9 heteroatoms. The van der Waals surface area contributed by atoms with E-state index in [4.69, 9.17) is 27.7 Å². The van der Waals surface area contributed by atoms with Gasteiger partial charge >= 0.3 is 5.63 Å². The van der Waals surface area contributed by atoms with Crippen LogP contribution in [0.4, 0.5) is 5.69 Å². The van der Waals surface area contributed by atoms with E-state index < -0.39 is 10.5 Å². The number of aliphatic imine (C=N–C) groups is 1. The third-order valence-corrected chi connectivity index (χ3v) is 3.98. The first-order chi connectivity index (χ1) is 10.5. The number of nitro benzene ring substituents is 1. The Bertz CT molecular complexity index is 853. The van der Waals surface area contributed by atoms with Gasteiger partial charge in [0.15, 0.2) is 0 Å². The fourth-order valence-corrected chi connectivity index (χ4v) is 2.91. The number of halogens is 2. The molecule has 0 spiro atoms. The Morgan fingerprint density at radius 2 is 2.09 bits per heavy atom.